The fourth-order valence-corrected chi connectivity index (χ4v) is 1.82. The molecule has 0 unspecified atom stereocenters. The van der Waals surface area contributed by atoms with E-state index in [1.54, 1.807) is 19.1 Å². The lowest BCUT2D eigenvalue weighted by Crippen LogP contribution is -2.01. The monoisotopic (exact) mass is 260 g/mol. The van der Waals surface area contributed by atoms with E-state index in [1.807, 2.05) is 6.07 Å². The van der Waals surface area contributed by atoms with Crippen molar-refractivity contribution in [2.24, 2.45) is 0 Å². The summed E-state index contributed by atoms with van der Waals surface area (Å²) in [7, 11) is 0. The van der Waals surface area contributed by atoms with E-state index in [-0.39, 0.29) is 11.5 Å². The fourth-order valence-electron chi connectivity index (χ4n) is 1.82. The van der Waals surface area contributed by atoms with Crippen LogP contribution < -0.4 is 5.32 Å². The first-order chi connectivity index (χ1) is 9.04. The summed E-state index contributed by atoms with van der Waals surface area (Å²) in [5.41, 5.74) is 2.28. The predicted molar refractivity (Wildman–Crippen MR) is 71.6 cm³/mol. The summed E-state index contributed by atoms with van der Waals surface area (Å²) in [6, 6.07) is 11.0. The first-order valence-electron chi connectivity index (χ1n) is 5.79. The largest absolute Gasteiger partial charge is 0.381 e. The Kier molecular flexibility index (Phi) is 3.75. The zero-order valence-corrected chi connectivity index (χ0v) is 10.4. The van der Waals surface area contributed by atoms with Gasteiger partial charge in [0.25, 0.3) is 5.69 Å². The second-order valence-corrected chi connectivity index (χ2v) is 4.30. The van der Waals surface area contributed by atoms with Crippen LogP contribution in [0.2, 0.25) is 0 Å². The summed E-state index contributed by atoms with van der Waals surface area (Å²) < 4.78 is 13.0. The maximum Gasteiger partial charge on any atom is 0.271 e. The van der Waals surface area contributed by atoms with Crippen molar-refractivity contribution in [3.63, 3.8) is 0 Å². The van der Waals surface area contributed by atoms with E-state index in [1.165, 1.54) is 24.3 Å². The van der Waals surface area contributed by atoms with Gasteiger partial charge >= 0.3 is 0 Å². The normalized spacial score (nSPS) is 10.2. The maximum absolute atomic E-state index is 13.0. The van der Waals surface area contributed by atoms with Crippen molar-refractivity contribution in [1.82, 2.24) is 0 Å². The lowest BCUT2D eigenvalue weighted by atomic mass is 10.1. The van der Waals surface area contributed by atoms with Gasteiger partial charge in [0.05, 0.1) is 4.92 Å². The second kappa shape index (κ2) is 5.48. The molecule has 1 N–H and O–H groups in total. The predicted octanol–water partition coefficient (Wildman–Crippen LogP) is 3.65. The summed E-state index contributed by atoms with van der Waals surface area (Å²) in [6.07, 6.45) is 0. The van der Waals surface area contributed by atoms with Gasteiger partial charge in [0, 0.05) is 24.4 Å². The van der Waals surface area contributed by atoms with Crippen LogP contribution in [0.3, 0.4) is 0 Å². The molecule has 0 heterocycles. The van der Waals surface area contributed by atoms with Crippen LogP contribution in [0.25, 0.3) is 0 Å². The molecule has 0 saturated heterocycles. The van der Waals surface area contributed by atoms with E-state index in [2.05, 4.69) is 5.32 Å². The van der Waals surface area contributed by atoms with E-state index >= 15 is 0 Å². The molecule has 5 heteroatoms. The van der Waals surface area contributed by atoms with Gasteiger partial charge < -0.3 is 5.32 Å². The molecule has 0 amide bonds. The molecule has 2 aromatic rings. The molecular weight excluding hydrogens is 247 g/mol. The van der Waals surface area contributed by atoms with E-state index in [0.717, 1.165) is 11.1 Å². The number of nitro benzene ring substituents is 1. The molecule has 0 fully saturated rings. The third-order valence-corrected chi connectivity index (χ3v) is 2.66. The van der Waals surface area contributed by atoms with Gasteiger partial charge in [0.2, 0.25) is 0 Å². The summed E-state index contributed by atoms with van der Waals surface area (Å²) in [6.45, 7) is 2.21. The Balaban J connectivity index is 2.13. The van der Waals surface area contributed by atoms with Gasteiger partial charge in [-0.05, 0) is 36.2 Å². The van der Waals surface area contributed by atoms with Crippen molar-refractivity contribution in [2.45, 2.75) is 13.5 Å². The molecule has 19 heavy (non-hydrogen) atoms. The highest BCUT2D eigenvalue weighted by atomic mass is 19.1. The van der Waals surface area contributed by atoms with Crippen LogP contribution in [0.15, 0.2) is 42.5 Å². The van der Waals surface area contributed by atoms with Gasteiger partial charge in [-0.1, -0.05) is 12.1 Å². The molecule has 0 atom stereocenters. The van der Waals surface area contributed by atoms with Gasteiger partial charge in [-0.3, -0.25) is 10.1 Å². The molecule has 0 saturated carbocycles. The van der Waals surface area contributed by atoms with Crippen LogP contribution in [0.5, 0.6) is 0 Å². The molecule has 2 rings (SSSR count). The van der Waals surface area contributed by atoms with E-state index < -0.39 is 4.92 Å². The SMILES string of the molecule is Cc1cc(NCc2cccc(F)c2)cc([N+](=O)[O-])c1. The first kappa shape index (κ1) is 13.0. The summed E-state index contributed by atoms with van der Waals surface area (Å²) in [5.74, 6) is -0.297. The van der Waals surface area contributed by atoms with Crippen molar-refractivity contribution >= 4 is 11.4 Å². The molecular formula is C14H13FN2O2. The number of nitro groups is 1. The number of anilines is 1. The number of non-ortho nitro benzene ring substituents is 1. The van der Waals surface area contributed by atoms with Crippen molar-refractivity contribution in [1.29, 1.82) is 0 Å². The summed E-state index contributed by atoms with van der Waals surface area (Å²) in [4.78, 5) is 10.3. The quantitative estimate of drug-likeness (QED) is 0.674. The molecule has 0 aliphatic rings. The number of halogens is 1. The number of nitrogens with one attached hydrogen (secondary N) is 1. The number of nitrogens with zero attached hydrogens (tertiary/aromatic N) is 1. The van der Waals surface area contributed by atoms with Crippen LogP contribution in [0.1, 0.15) is 11.1 Å². The smallest absolute Gasteiger partial charge is 0.271 e. The molecule has 0 aliphatic heterocycles. The Bertz CT molecular complexity index is 614. The molecule has 0 bridgehead atoms. The molecule has 0 aromatic heterocycles. The van der Waals surface area contributed by atoms with Gasteiger partial charge in [-0.25, -0.2) is 4.39 Å². The second-order valence-electron chi connectivity index (χ2n) is 4.30. The van der Waals surface area contributed by atoms with Crippen molar-refractivity contribution in [2.75, 3.05) is 5.32 Å². The molecule has 2 aromatic carbocycles. The molecule has 4 nitrogen and oxygen atoms in total. The highest BCUT2D eigenvalue weighted by molar-refractivity contribution is 5.54. The number of benzene rings is 2. The Morgan fingerprint density at radius 3 is 2.74 bits per heavy atom. The van der Waals surface area contributed by atoms with Gasteiger partial charge in [-0.15, -0.1) is 0 Å². The van der Waals surface area contributed by atoms with Gasteiger partial charge in [-0.2, -0.15) is 0 Å². The first-order valence-corrected chi connectivity index (χ1v) is 5.79. The number of aryl methyl sites for hydroxylation is 1. The number of hydrogen-bond acceptors (Lipinski definition) is 3. The van der Waals surface area contributed by atoms with E-state index in [0.29, 0.717) is 12.2 Å². The fraction of sp³-hybridized carbons (Fsp3) is 0.143. The van der Waals surface area contributed by atoms with Gasteiger partial charge in [0.15, 0.2) is 0 Å². The topological polar surface area (TPSA) is 55.2 Å². The van der Waals surface area contributed by atoms with Crippen molar-refractivity contribution in [3.8, 4) is 0 Å². The third kappa shape index (κ3) is 3.51. The molecule has 0 spiro atoms. The maximum atomic E-state index is 13.0. The highest BCUT2D eigenvalue weighted by Crippen LogP contribution is 2.21. The lowest BCUT2D eigenvalue weighted by Gasteiger charge is -2.07. The number of hydrogen-bond donors (Lipinski definition) is 1. The summed E-state index contributed by atoms with van der Waals surface area (Å²) in [5, 5.41) is 13.8. The van der Waals surface area contributed by atoms with Crippen molar-refractivity contribution in [3.05, 3.63) is 69.5 Å². The van der Waals surface area contributed by atoms with Crippen LogP contribution in [0.4, 0.5) is 15.8 Å². The Labute approximate surface area is 110 Å². The standard InChI is InChI=1S/C14H13FN2O2/c1-10-5-13(8-14(6-10)17(18)19)16-9-11-3-2-4-12(15)7-11/h2-8,16H,9H2,1H3. The van der Waals surface area contributed by atoms with Gasteiger partial charge in [0.1, 0.15) is 5.82 Å². The Morgan fingerprint density at radius 2 is 2.05 bits per heavy atom. The number of rotatable bonds is 4. The molecule has 0 radical (unpaired) electrons. The highest BCUT2D eigenvalue weighted by Gasteiger charge is 2.07. The molecule has 0 aliphatic carbocycles. The Morgan fingerprint density at radius 1 is 1.26 bits per heavy atom. The van der Waals surface area contributed by atoms with Crippen LogP contribution in [0, 0.1) is 22.9 Å². The summed E-state index contributed by atoms with van der Waals surface area (Å²) >= 11 is 0. The lowest BCUT2D eigenvalue weighted by molar-refractivity contribution is -0.384. The Hall–Kier alpha value is -2.43. The zero-order chi connectivity index (χ0) is 13.8. The average molecular weight is 260 g/mol. The minimum absolute atomic E-state index is 0.0433. The molecule has 98 valence electrons. The van der Waals surface area contributed by atoms with Crippen molar-refractivity contribution < 1.29 is 9.31 Å². The third-order valence-electron chi connectivity index (χ3n) is 2.66. The van der Waals surface area contributed by atoms with Crippen LogP contribution >= 0.6 is 0 Å². The van der Waals surface area contributed by atoms with Crippen LogP contribution in [-0.2, 0) is 6.54 Å². The average Bonchev–Trinajstić information content (AvgIpc) is 2.36. The van der Waals surface area contributed by atoms with Crippen LogP contribution in [-0.4, -0.2) is 4.92 Å². The zero-order valence-electron chi connectivity index (χ0n) is 10.4. The van der Waals surface area contributed by atoms with E-state index in [9.17, 15) is 14.5 Å². The minimum atomic E-state index is -0.430. The van der Waals surface area contributed by atoms with E-state index in [4.69, 9.17) is 0 Å². The minimum Gasteiger partial charge on any atom is -0.381 e.